The van der Waals surface area contributed by atoms with E-state index < -0.39 is 0 Å². The molecule has 6 heteroatoms. The summed E-state index contributed by atoms with van der Waals surface area (Å²) in [6.07, 6.45) is 4.05. The first kappa shape index (κ1) is 13.9. The Morgan fingerprint density at radius 1 is 1.35 bits per heavy atom. The van der Waals surface area contributed by atoms with Gasteiger partial charge in [-0.15, -0.1) is 0 Å². The van der Waals surface area contributed by atoms with Gasteiger partial charge in [-0.25, -0.2) is 4.98 Å². The summed E-state index contributed by atoms with van der Waals surface area (Å²) in [7, 11) is 3.09. The van der Waals surface area contributed by atoms with Gasteiger partial charge in [-0.3, -0.25) is 4.79 Å². The topological polar surface area (TPSA) is 76.2 Å². The molecule has 106 valence electrons. The minimum Gasteiger partial charge on any atom is -0.497 e. The Morgan fingerprint density at radius 2 is 2.20 bits per heavy atom. The largest absolute Gasteiger partial charge is 0.497 e. The highest BCUT2D eigenvalue weighted by Crippen LogP contribution is 2.24. The van der Waals surface area contributed by atoms with Crippen LogP contribution in [-0.2, 0) is 6.42 Å². The molecule has 1 heterocycles. The fraction of sp³-hybridized carbons (Fsp3) is 0.286. The van der Waals surface area contributed by atoms with Crippen LogP contribution < -0.4 is 14.8 Å². The minimum atomic E-state index is -0.177. The van der Waals surface area contributed by atoms with Crippen molar-refractivity contribution in [2.45, 2.75) is 6.42 Å². The van der Waals surface area contributed by atoms with Crippen LogP contribution in [0.1, 0.15) is 16.1 Å². The molecule has 0 aliphatic carbocycles. The van der Waals surface area contributed by atoms with Gasteiger partial charge < -0.3 is 19.8 Å². The lowest BCUT2D eigenvalue weighted by Gasteiger charge is -2.10. The number of rotatable bonds is 6. The van der Waals surface area contributed by atoms with Gasteiger partial charge >= 0.3 is 0 Å². The molecule has 0 fully saturated rings. The van der Waals surface area contributed by atoms with Crippen LogP contribution in [0.4, 0.5) is 0 Å². The molecule has 0 unspecified atom stereocenters. The number of carbonyl (C=O) groups excluding carboxylic acids is 1. The van der Waals surface area contributed by atoms with E-state index in [-0.39, 0.29) is 5.91 Å². The second-order valence-corrected chi connectivity index (χ2v) is 4.15. The van der Waals surface area contributed by atoms with Crippen LogP contribution in [0.2, 0.25) is 0 Å². The molecule has 2 N–H and O–H groups in total. The minimum absolute atomic E-state index is 0.177. The highest BCUT2D eigenvalue weighted by atomic mass is 16.5. The normalized spacial score (nSPS) is 10.1. The van der Waals surface area contributed by atoms with Gasteiger partial charge in [0.2, 0.25) is 0 Å². The number of ether oxygens (including phenoxy) is 2. The van der Waals surface area contributed by atoms with E-state index in [1.165, 1.54) is 7.11 Å². The fourth-order valence-electron chi connectivity index (χ4n) is 1.81. The van der Waals surface area contributed by atoms with Crippen LogP contribution in [0.3, 0.4) is 0 Å². The van der Waals surface area contributed by atoms with Crippen molar-refractivity contribution in [3.8, 4) is 11.5 Å². The average molecular weight is 275 g/mol. The summed E-state index contributed by atoms with van der Waals surface area (Å²) < 4.78 is 10.3. The van der Waals surface area contributed by atoms with E-state index in [2.05, 4.69) is 15.3 Å². The SMILES string of the molecule is COc1ccc(C(=O)NCCc2cnc[nH]2)c(OC)c1. The second kappa shape index (κ2) is 6.60. The number of imidazole rings is 1. The number of aromatic nitrogens is 2. The van der Waals surface area contributed by atoms with Gasteiger partial charge in [-0.2, -0.15) is 0 Å². The molecule has 0 saturated heterocycles. The number of H-pyrrole nitrogens is 1. The average Bonchev–Trinajstić information content (AvgIpc) is 2.99. The number of carbonyl (C=O) groups is 1. The monoisotopic (exact) mass is 275 g/mol. The van der Waals surface area contributed by atoms with Gasteiger partial charge in [0.15, 0.2) is 0 Å². The van der Waals surface area contributed by atoms with E-state index in [0.29, 0.717) is 30.0 Å². The molecule has 1 aromatic carbocycles. The first-order valence-corrected chi connectivity index (χ1v) is 6.22. The maximum absolute atomic E-state index is 12.1. The number of methoxy groups -OCH3 is 2. The Morgan fingerprint density at radius 3 is 2.85 bits per heavy atom. The van der Waals surface area contributed by atoms with Crippen LogP contribution in [0, 0.1) is 0 Å². The number of benzene rings is 1. The molecule has 2 rings (SSSR count). The van der Waals surface area contributed by atoms with Gasteiger partial charge in [0.25, 0.3) is 5.91 Å². The van der Waals surface area contributed by atoms with E-state index in [1.54, 1.807) is 37.8 Å². The number of aromatic amines is 1. The molecule has 0 saturated carbocycles. The van der Waals surface area contributed by atoms with E-state index in [4.69, 9.17) is 9.47 Å². The van der Waals surface area contributed by atoms with Crippen molar-refractivity contribution < 1.29 is 14.3 Å². The van der Waals surface area contributed by atoms with E-state index in [9.17, 15) is 4.79 Å². The van der Waals surface area contributed by atoms with Gasteiger partial charge in [0.05, 0.1) is 26.1 Å². The lowest BCUT2D eigenvalue weighted by Crippen LogP contribution is -2.26. The summed E-state index contributed by atoms with van der Waals surface area (Å²) in [4.78, 5) is 19.0. The molecule has 6 nitrogen and oxygen atoms in total. The Bertz CT molecular complexity index is 567. The van der Waals surface area contributed by atoms with Crippen LogP contribution in [0.25, 0.3) is 0 Å². The first-order chi connectivity index (χ1) is 9.74. The highest BCUT2D eigenvalue weighted by Gasteiger charge is 2.12. The molecule has 0 radical (unpaired) electrons. The van der Waals surface area contributed by atoms with Crippen molar-refractivity contribution in [2.75, 3.05) is 20.8 Å². The predicted molar refractivity (Wildman–Crippen MR) is 74.2 cm³/mol. The van der Waals surface area contributed by atoms with Crippen molar-refractivity contribution in [3.05, 3.63) is 42.0 Å². The molecule has 2 aromatic rings. The molecule has 0 spiro atoms. The Labute approximate surface area is 117 Å². The number of hydrogen-bond donors (Lipinski definition) is 2. The van der Waals surface area contributed by atoms with Crippen molar-refractivity contribution in [2.24, 2.45) is 0 Å². The Balaban J connectivity index is 1.98. The molecular formula is C14H17N3O3. The summed E-state index contributed by atoms with van der Waals surface area (Å²) in [6.45, 7) is 0.524. The zero-order valence-corrected chi connectivity index (χ0v) is 11.5. The lowest BCUT2D eigenvalue weighted by atomic mass is 10.1. The summed E-state index contributed by atoms with van der Waals surface area (Å²) in [6, 6.07) is 5.10. The third-order valence-corrected chi connectivity index (χ3v) is 2.89. The van der Waals surface area contributed by atoms with Crippen molar-refractivity contribution in [1.29, 1.82) is 0 Å². The Hall–Kier alpha value is -2.50. The first-order valence-electron chi connectivity index (χ1n) is 6.22. The zero-order chi connectivity index (χ0) is 14.4. The van der Waals surface area contributed by atoms with Crippen LogP contribution >= 0.6 is 0 Å². The summed E-state index contributed by atoms with van der Waals surface area (Å²) >= 11 is 0. The molecular weight excluding hydrogens is 258 g/mol. The smallest absolute Gasteiger partial charge is 0.255 e. The zero-order valence-electron chi connectivity index (χ0n) is 11.5. The summed E-state index contributed by atoms with van der Waals surface area (Å²) in [5, 5.41) is 2.84. The van der Waals surface area contributed by atoms with Crippen LogP contribution in [0.5, 0.6) is 11.5 Å². The van der Waals surface area contributed by atoms with E-state index in [0.717, 1.165) is 5.69 Å². The van der Waals surface area contributed by atoms with Gasteiger partial charge in [-0.05, 0) is 12.1 Å². The van der Waals surface area contributed by atoms with Crippen molar-refractivity contribution >= 4 is 5.91 Å². The molecule has 0 aliphatic rings. The maximum atomic E-state index is 12.1. The second-order valence-electron chi connectivity index (χ2n) is 4.15. The van der Waals surface area contributed by atoms with Gasteiger partial charge in [0.1, 0.15) is 11.5 Å². The number of nitrogens with one attached hydrogen (secondary N) is 2. The van der Waals surface area contributed by atoms with Gasteiger partial charge in [0, 0.05) is 30.9 Å². The quantitative estimate of drug-likeness (QED) is 0.835. The third kappa shape index (κ3) is 3.28. The molecule has 0 bridgehead atoms. The van der Waals surface area contributed by atoms with Crippen molar-refractivity contribution in [3.63, 3.8) is 0 Å². The predicted octanol–water partition coefficient (Wildman–Crippen LogP) is 1.40. The van der Waals surface area contributed by atoms with Crippen molar-refractivity contribution in [1.82, 2.24) is 15.3 Å². The molecule has 20 heavy (non-hydrogen) atoms. The van der Waals surface area contributed by atoms with Gasteiger partial charge in [-0.1, -0.05) is 0 Å². The molecule has 1 amide bonds. The molecule has 0 atom stereocenters. The summed E-state index contributed by atoms with van der Waals surface area (Å²) in [5.74, 6) is 0.961. The number of amides is 1. The molecule has 0 aliphatic heterocycles. The maximum Gasteiger partial charge on any atom is 0.255 e. The lowest BCUT2D eigenvalue weighted by molar-refractivity contribution is 0.0951. The number of hydrogen-bond acceptors (Lipinski definition) is 4. The standard InChI is InChI=1S/C14H17N3O3/c1-19-11-3-4-12(13(7-11)20-2)14(18)16-6-5-10-8-15-9-17-10/h3-4,7-9H,5-6H2,1-2H3,(H,15,17)(H,16,18). The fourth-order valence-corrected chi connectivity index (χ4v) is 1.81. The van der Waals surface area contributed by atoms with E-state index in [1.807, 2.05) is 0 Å². The van der Waals surface area contributed by atoms with Crippen LogP contribution in [0.15, 0.2) is 30.7 Å². The Kier molecular flexibility index (Phi) is 4.60. The highest BCUT2D eigenvalue weighted by molar-refractivity contribution is 5.97. The third-order valence-electron chi connectivity index (χ3n) is 2.89. The van der Waals surface area contributed by atoms with Crippen LogP contribution in [-0.4, -0.2) is 36.6 Å². The number of nitrogens with zero attached hydrogens (tertiary/aromatic N) is 1. The summed E-state index contributed by atoms with van der Waals surface area (Å²) in [5.41, 5.74) is 1.46. The molecule has 1 aromatic heterocycles. The van der Waals surface area contributed by atoms with E-state index >= 15 is 0 Å².